The fourth-order valence-electron chi connectivity index (χ4n) is 2.36. The van der Waals surface area contributed by atoms with Gasteiger partial charge in [0.15, 0.2) is 23.6 Å². The van der Waals surface area contributed by atoms with E-state index in [0.717, 1.165) is 16.8 Å². The molecule has 124 valence electrons. The van der Waals surface area contributed by atoms with E-state index in [4.69, 9.17) is 0 Å². The van der Waals surface area contributed by atoms with E-state index in [1.807, 2.05) is 0 Å². The Labute approximate surface area is 126 Å². The van der Waals surface area contributed by atoms with E-state index in [-0.39, 0.29) is 12.0 Å². The highest BCUT2D eigenvalue weighted by Gasteiger charge is 2.40. The molecule has 0 fully saturated rings. The van der Waals surface area contributed by atoms with Gasteiger partial charge in [-0.3, -0.25) is 0 Å². The van der Waals surface area contributed by atoms with E-state index in [1.54, 1.807) is 0 Å². The molecule has 0 radical (unpaired) electrons. The fourth-order valence-corrected chi connectivity index (χ4v) is 2.94. The lowest BCUT2D eigenvalue weighted by molar-refractivity contribution is 0.233. The molecule has 23 heavy (non-hydrogen) atoms. The maximum atomic E-state index is 14.0. The Morgan fingerprint density at radius 1 is 1.22 bits per heavy atom. The van der Waals surface area contributed by atoms with Crippen molar-refractivity contribution in [2.75, 3.05) is 0 Å². The molecular formula is C12H8F5N3O2S. The van der Waals surface area contributed by atoms with Crippen molar-refractivity contribution in [3.8, 4) is 0 Å². The average Bonchev–Trinajstić information content (AvgIpc) is 3.03. The molecule has 2 aromatic rings. The molecule has 0 aliphatic carbocycles. The quantitative estimate of drug-likeness (QED) is 0.796. The number of sulfone groups is 1. The van der Waals surface area contributed by atoms with Crippen LogP contribution in [0.15, 0.2) is 23.4 Å². The van der Waals surface area contributed by atoms with Gasteiger partial charge in [-0.1, -0.05) is 6.07 Å². The van der Waals surface area contributed by atoms with Gasteiger partial charge in [0.1, 0.15) is 0 Å². The Morgan fingerprint density at radius 3 is 2.52 bits per heavy atom. The van der Waals surface area contributed by atoms with Gasteiger partial charge >= 0.3 is 5.76 Å². The van der Waals surface area contributed by atoms with Gasteiger partial charge in [-0.25, -0.2) is 26.3 Å². The zero-order valence-electron chi connectivity index (χ0n) is 11.1. The molecule has 1 aliphatic rings. The fraction of sp³-hybridized carbons (Fsp3) is 0.333. The average molecular weight is 353 g/mol. The van der Waals surface area contributed by atoms with Crippen LogP contribution in [0.25, 0.3) is 0 Å². The molecule has 0 spiro atoms. The molecule has 0 bridgehead atoms. The van der Waals surface area contributed by atoms with Crippen LogP contribution in [-0.2, 0) is 9.84 Å². The van der Waals surface area contributed by atoms with Crippen LogP contribution < -0.4 is 0 Å². The van der Waals surface area contributed by atoms with Crippen molar-refractivity contribution in [2.24, 2.45) is 0 Å². The topological polar surface area (TPSA) is 64.8 Å². The first-order valence-corrected chi connectivity index (χ1v) is 7.84. The zero-order valence-corrected chi connectivity index (χ0v) is 11.9. The molecule has 3 rings (SSSR count). The molecule has 0 saturated carbocycles. The second kappa shape index (κ2) is 5.25. The third-order valence-electron chi connectivity index (χ3n) is 3.46. The first kappa shape index (κ1) is 15.8. The highest BCUT2D eigenvalue weighted by molar-refractivity contribution is 7.91. The van der Waals surface area contributed by atoms with Crippen molar-refractivity contribution in [1.82, 2.24) is 14.8 Å². The number of halogens is 5. The van der Waals surface area contributed by atoms with Crippen molar-refractivity contribution in [3.05, 3.63) is 41.2 Å². The van der Waals surface area contributed by atoms with E-state index in [1.165, 1.54) is 6.07 Å². The Hall–Kier alpha value is -2.04. The van der Waals surface area contributed by atoms with Gasteiger partial charge in [-0.2, -0.15) is 13.8 Å². The van der Waals surface area contributed by atoms with Crippen LogP contribution in [0, 0.1) is 11.6 Å². The van der Waals surface area contributed by atoms with Gasteiger partial charge in [0, 0.05) is 6.42 Å². The normalized spacial score (nSPS) is 21.0. The third-order valence-corrected chi connectivity index (χ3v) is 4.61. The van der Waals surface area contributed by atoms with E-state index in [0.29, 0.717) is 0 Å². The third kappa shape index (κ3) is 2.48. The molecular weight excluding hydrogens is 345 g/mol. The lowest BCUT2D eigenvalue weighted by Crippen LogP contribution is -2.15. The standard InChI is InChI=1S/C12H8F5N3O2S/c13-6-2-1-5(3-7(6)14)9-4-8(15)10-18-12(19-20(9)10)23(21,22)11(16)17/h1-3,8-9,11H,4H2/t8-,9-/m0/s1. The molecule has 0 N–H and O–H groups in total. The Kier molecular flexibility index (Phi) is 3.62. The summed E-state index contributed by atoms with van der Waals surface area (Å²) < 4.78 is 88.8. The number of rotatable bonds is 3. The summed E-state index contributed by atoms with van der Waals surface area (Å²) in [5, 5.41) is 2.23. The SMILES string of the molecule is O=S(=O)(c1nc2n(n1)[C@H](c1ccc(F)c(F)c1)C[C@@H]2F)C(F)F. The van der Waals surface area contributed by atoms with Gasteiger partial charge in [-0.15, -0.1) is 5.10 Å². The Bertz CT molecular complexity index is 868. The Balaban J connectivity index is 2.07. The molecule has 2 atom stereocenters. The van der Waals surface area contributed by atoms with Crippen molar-refractivity contribution in [2.45, 2.75) is 29.5 Å². The number of fused-ring (bicyclic) bond motifs is 1. The molecule has 0 saturated heterocycles. The predicted molar refractivity (Wildman–Crippen MR) is 66.2 cm³/mol. The van der Waals surface area contributed by atoms with Crippen molar-refractivity contribution in [3.63, 3.8) is 0 Å². The van der Waals surface area contributed by atoms with Gasteiger partial charge in [0.25, 0.3) is 15.0 Å². The van der Waals surface area contributed by atoms with Gasteiger partial charge in [0.2, 0.25) is 0 Å². The van der Waals surface area contributed by atoms with Crippen LogP contribution in [-0.4, -0.2) is 28.9 Å². The van der Waals surface area contributed by atoms with Crippen LogP contribution in [0.3, 0.4) is 0 Å². The molecule has 0 unspecified atom stereocenters. The first-order chi connectivity index (χ1) is 10.7. The minimum atomic E-state index is -5.08. The number of alkyl halides is 3. The maximum absolute atomic E-state index is 14.0. The van der Waals surface area contributed by atoms with Crippen molar-refractivity contribution < 1.29 is 30.4 Å². The summed E-state index contributed by atoms with van der Waals surface area (Å²) in [7, 11) is -5.08. The number of hydrogen-bond donors (Lipinski definition) is 0. The van der Waals surface area contributed by atoms with E-state index in [2.05, 4.69) is 10.1 Å². The number of hydrogen-bond acceptors (Lipinski definition) is 4. The molecule has 1 aromatic heterocycles. The largest absolute Gasteiger partial charge is 0.344 e. The lowest BCUT2D eigenvalue weighted by atomic mass is 10.0. The Morgan fingerprint density at radius 2 is 1.91 bits per heavy atom. The highest BCUT2D eigenvalue weighted by Crippen LogP contribution is 2.40. The predicted octanol–water partition coefficient (Wildman–Crippen LogP) is 2.56. The molecule has 5 nitrogen and oxygen atoms in total. The number of aromatic nitrogens is 3. The van der Waals surface area contributed by atoms with E-state index < -0.39 is 50.4 Å². The van der Waals surface area contributed by atoms with Gasteiger partial charge < -0.3 is 0 Å². The second-order valence-corrected chi connectivity index (χ2v) is 6.71. The number of nitrogens with zero attached hydrogens (tertiary/aromatic N) is 3. The first-order valence-electron chi connectivity index (χ1n) is 6.29. The minimum Gasteiger partial charge on any atom is -0.239 e. The summed E-state index contributed by atoms with van der Waals surface area (Å²) in [4.78, 5) is 3.32. The summed E-state index contributed by atoms with van der Waals surface area (Å²) in [5.41, 5.74) is 0.121. The summed E-state index contributed by atoms with van der Waals surface area (Å²) in [6, 6.07) is 1.84. The van der Waals surface area contributed by atoms with Crippen LogP contribution in [0.5, 0.6) is 0 Å². The molecule has 11 heteroatoms. The molecule has 1 aliphatic heterocycles. The van der Waals surface area contributed by atoms with Crippen LogP contribution in [0.2, 0.25) is 0 Å². The molecule has 0 amide bonds. The van der Waals surface area contributed by atoms with Crippen LogP contribution in [0.1, 0.15) is 30.0 Å². The summed E-state index contributed by atoms with van der Waals surface area (Å²) in [6.07, 6.45) is -2.00. The monoisotopic (exact) mass is 353 g/mol. The smallest absolute Gasteiger partial charge is 0.239 e. The van der Waals surface area contributed by atoms with Gasteiger partial charge in [-0.05, 0) is 17.7 Å². The number of benzene rings is 1. The molecule has 1 aromatic carbocycles. The van der Waals surface area contributed by atoms with Crippen molar-refractivity contribution in [1.29, 1.82) is 0 Å². The summed E-state index contributed by atoms with van der Waals surface area (Å²) in [5.74, 6) is -6.47. The van der Waals surface area contributed by atoms with Crippen LogP contribution >= 0.6 is 0 Å². The molecule has 2 heterocycles. The summed E-state index contributed by atoms with van der Waals surface area (Å²) >= 11 is 0. The summed E-state index contributed by atoms with van der Waals surface area (Å²) in [6.45, 7) is 0. The van der Waals surface area contributed by atoms with E-state index >= 15 is 0 Å². The highest BCUT2D eigenvalue weighted by atomic mass is 32.2. The zero-order chi connectivity index (χ0) is 16.9. The maximum Gasteiger partial charge on any atom is 0.344 e. The minimum absolute atomic E-state index is 0.121. The second-order valence-electron chi connectivity index (χ2n) is 4.90. The van der Waals surface area contributed by atoms with Crippen molar-refractivity contribution >= 4 is 9.84 Å². The van der Waals surface area contributed by atoms with E-state index in [9.17, 15) is 30.4 Å². The van der Waals surface area contributed by atoms with Gasteiger partial charge in [0.05, 0.1) is 6.04 Å². The van der Waals surface area contributed by atoms with Crippen LogP contribution in [0.4, 0.5) is 22.0 Å². The lowest BCUT2D eigenvalue weighted by Gasteiger charge is -2.12.